The van der Waals surface area contributed by atoms with E-state index in [1.807, 2.05) is 29.8 Å². The third-order valence-electron chi connectivity index (χ3n) is 3.50. The van der Waals surface area contributed by atoms with Gasteiger partial charge in [0.2, 0.25) is 0 Å². The average Bonchev–Trinajstić information content (AvgIpc) is 3.17. The summed E-state index contributed by atoms with van der Waals surface area (Å²) in [4.78, 5) is 12.4. The number of halogens is 1. The molecule has 104 valence electrons. The van der Waals surface area contributed by atoms with E-state index < -0.39 is 0 Å². The Kier molecular flexibility index (Phi) is 3.18. The summed E-state index contributed by atoms with van der Waals surface area (Å²) in [6.07, 6.45) is 4.02. The van der Waals surface area contributed by atoms with Gasteiger partial charge < -0.3 is 15.6 Å². The predicted octanol–water partition coefficient (Wildman–Crippen LogP) is 3.62. The monoisotopic (exact) mass is 289 g/mol. The summed E-state index contributed by atoms with van der Waals surface area (Å²) in [6, 6.07) is 7.65. The standard InChI is InChI=1S/C15H16ClN3O/c1-9-3-2-4-12(16)14(9)18-15(20)13-7-10(17)8-19(13)11-5-6-11/h2-4,7-8,11H,5-6,17H2,1H3,(H,18,20). The lowest BCUT2D eigenvalue weighted by molar-refractivity contribution is 0.101. The number of nitrogens with two attached hydrogens (primary N) is 1. The molecule has 0 bridgehead atoms. The highest BCUT2D eigenvalue weighted by Crippen LogP contribution is 2.37. The van der Waals surface area contributed by atoms with Gasteiger partial charge in [0.05, 0.1) is 16.4 Å². The van der Waals surface area contributed by atoms with Crippen LogP contribution in [0, 0.1) is 6.92 Å². The number of para-hydroxylation sites is 1. The minimum Gasteiger partial charge on any atom is -0.397 e. The Labute approximate surface area is 122 Å². The molecule has 1 aromatic carbocycles. The van der Waals surface area contributed by atoms with Crippen LogP contribution in [0.5, 0.6) is 0 Å². The molecule has 1 amide bonds. The van der Waals surface area contributed by atoms with Gasteiger partial charge in [-0.1, -0.05) is 23.7 Å². The smallest absolute Gasteiger partial charge is 0.272 e. The lowest BCUT2D eigenvalue weighted by Gasteiger charge is -2.11. The maximum atomic E-state index is 12.4. The van der Waals surface area contributed by atoms with E-state index in [2.05, 4.69) is 5.32 Å². The molecule has 4 nitrogen and oxygen atoms in total. The van der Waals surface area contributed by atoms with Crippen LogP contribution in [-0.4, -0.2) is 10.5 Å². The molecule has 5 heteroatoms. The molecule has 2 aromatic rings. The molecule has 1 aliphatic rings. The summed E-state index contributed by atoms with van der Waals surface area (Å²) in [7, 11) is 0. The molecule has 1 aliphatic carbocycles. The molecule has 1 aromatic heterocycles. The van der Waals surface area contributed by atoms with Crippen molar-refractivity contribution in [3.63, 3.8) is 0 Å². The zero-order chi connectivity index (χ0) is 14.3. The fourth-order valence-electron chi connectivity index (χ4n) is 2.31. The van der Waals surface area contributed by atoms with Gasteiger partial charge in [0.15, 0.2) is 0 Å². The molecule has 1 saturated carbocycles. The third kappa shape index (κ3) is 2.39. The summed E-state index contributed by atoms with van der Waals surface area (Å²) >= 11 is 6.13. The Morgan fingerprint density at radius 2 is 2.20 bits per heavy atom. The largest absolute Gasteiger partial charge is 0.397 e. The molecule has 3 N–H and O–H groups in total. The van der Waals surface area contributed by atoms with E-state index in [4.69, 9.17) is 17.3 Å². The fraction of sp³-hybridized carbons (Fsp3) is 0.267. The number of hydrogen-bond acceptors (Lipinski definition) is 2. The van der Waals surface area contributed by atoms with Crippen molar-refractivity contribution in [2.45, 2.75) is 25.8 Å². The van der Waals surface area contributed by atoms with E-state index in [-0.39, 0.29) is 5.91 Å². The number of aromatic nitrogens is 1. The molecule has 1 heterocycles. The second kappa shape index (κ2) is 4.87. The first-order valence-corrected chi connectivity index (χ1v) is 6.98. The number of anilines is 2. The Morgan fingerprint density at radius 3 is 2.85 bits per heavy atom. The van der Waals surface area contributed by atoms with Crippen molar-refractivity contribution in [1.82, 2.24) is 4.57 Å². The van der Waals surface area contributed by atoms with Gasteiger partial charge in [0.1, 0.15) is 5.69 Å². The first-order valence-electron chi connectivity index (χ1n) is 6.60. The van der Waals surface area contributed by atoms with Crippen molar-refractivity contribution in [2.24, 2.45) is 0 Å². The summed E-state index contributed by atoms with van der Waals surface area (Å²) in [6.45, 7) is 1.91. The van der Waals surface area contributed by atoms with E-state index in [0.29, 0.717) is 28.1 Å². The zero-order valence-corrected chi connectivity index (χ0v) is 11.9. The number of carbonyl (C=O) groups excluding carboxylic acids is 1. The van der Waals surface area contributed by atoms with Crippen molar-refractivity contribution < 1.29 is 4.79 Å². The van der Waals surface area contributed by atoms with E-state index in [0.717, 1.165) is 18.4 Å². The number of nitrogens with zero attached hydrogens (tertiary/aromatic N) is 1. The topological polar surface area (TPSA) is 60.1 Å². The van der Waals surface area contributed by atoms with Gasteiger partial charge in [0.25, 0.3) is 5.91 Å². The highest BCUT2D eigenvalue weighted by atomic mass is 35.5. The average molecular weight is 290 g/mol. The van der Waals surface area contributed by atoms with Crippen LogP contribution >= 0.6 is 11.6 Å². The van der Waals surface area contributed by atoms with Gasteiger partial charge in [-0.3, -0.25) is 4.79 Å². The van der Waals surface area contributed by atoms with E-state index in [1.165, 1.54) is 0 Å². The van der Waals surface area contributed by atoms with Crippen LogP contribution in [0.25, 0.3) is 0 Å². The van der Waals surface area contributed by atoms with Gasteiger partial charge in [-0.25, -0.2) is 0 Å². The van der Waals surface area contributed by atoms with Crippen molar-refractivity contribution in [1.29, 1.82) is 0 Å². The van der Waals surface area contributed by atoms with Crippen LogP contribution in [0.4, 0.5) is 11.4 Å². The summed E-state index contributed by atoms with van der Waals surface area (Å²) < 4.78 is 1.96. The molecule has 0 spiro atoms. The number of nitrogen functional groups attached to an aromatic ring is 1. The second-order valence-electron chi connectivity index (χ2n) is 5.18. The Hall–Kier alpha value is -1.94. The van der Waals surface area contributed by atoms with Crippen molar-refractivity contribution in [3.05, 3.63) is 46.7 Å². The highest BCUT2D eigenvalue weighted by molar-refractivity contribution is 6.34. The lowest BCUT2D eigenvalue weighted by Crippen LogP contribution is -2.17. The minimum atomic E-state index is -0.176. The molecule has 0 unspecified atom stereocenters. The highest BCUT2D eigenvalue weighted by Gasteiger charge is 2.28. The lowest BCUT2D eigenvalue weighted by atomic mass is 10.2. The molecule has 0 atom stereocenters. The fourth-order valence-corrected chi connectivity index (χ4v) is 2.57. The van der Waals surface area contributed by atoms with Crippen LogP contribution in [0.3, 0.4) is 0 Å². The zero-order valence-electron chi connectivity index (χ0n) is 11.2. The number of amides is 1. The first-order chi connectivity index (χ1) is 9.56. The number of aryl methyl sites for hydroxylation is 1. The number of benzene rings is 1. The van der Waals surface area contributed by atoms with Crippen LogP contribution in [-0.2, 0) is 0 Å². The minimum absolute atomic E-state index is 0.176. The number of carbonyl (C=O) groups is 1. The van der Waals surface area contributed by atoms with Crippen LogP contribution < -0.4 is 11.1 Å². The quantitative estimate of drug-likeness (QED) is 0.906. The van der Waals surface area contributed by atoms with E-state index in [9.17, 15) is 4.79 Å². The Balaban J connectivity index is 1.90. The third-order valence-corrected chi connectivity index (χ3v) is 3.82. The summed E-state index contributed by atoms with van der Waals surface area (Å²) in [5.41, 5.74) is 8.59. The van der Waals surface area contributed by atoms with Gasteiger partial charge in [-0.2, -0.15) is 0 Å². The van der Waals surface area contributed by atoms with Crippen LogP contribution in [0.1, 0.15) is 34.9 Å². The van der Waals surface area contributed by atoms with Crippen LogP contribution in [0.15, 0.2) is 30.5 Å². The molecule has 0 aliphatic heterocycles. The summed E-state index contributed by atoms with van der Waals surface area (Å²) in [5.74, 6) is -0.176. The molecule has 0 radical (unpaired) electrons. The number of rotatable bonds is 3. The van der Waals surface area contributed by atoms with Crippen LogP contribution in [0.2, 0.25) is 5.02 Å². The SMILES string of the molecule is Cc1cccc(Cl)c1NC(=O)c1cc(N)cn1C1CC1. The first kappa shape index (κ1) is 13.1. The van der Waals surface area contributed by atoms with Crippen molar-refractivity contribution >= 4 is 28.9 Å². The Morgan fingerprint density at radius 1 is 1.45 bits per heavy atom. The molecule has 3 rings (SSSR count). The molecular formula is C15H16ClN3O. The maximum absolute atomic E-state index is 12.4. The number of hydrogen-bond donors (Lipinski definition) is 2. The molecular weight excluding hydrogens is 274 g/mol. The van der Waals surface area contributed by atoms with Gasteiger partial charge in [-0.05, 0) is 37.5 Å². The predicted molar refractivity (Wildman–Crippen MR) is 81.3 cm³/mol. The van der Waals surface area contributed by atoms with Crippen molar-refractivity contribution in [2.75, 3.05) is 11.1 Å². The molecule has 0 saturated heterocycles. The molecule has 20 heavy (non-hydrogen) atoms. The van der Waals surface area contributed by atoms with E-state index >= 15 is 0 Å². The summed E-state index contributed by atoms with van der Waals surface area (Å²) in [5, 5.41) is 3.42. The normalized spacial score (nSPS) is 14.3. The number of nitrogens with one attached hydrogen (secondary N) is 1. The Bertz CT molecular complexity index is 654. The van der Waals surface area contributed by atoms with Gasteiger partial charge >= 0.3 is 0 Å². The maximum Gasteiger partial charge on any atom is 0.272 e. The van der Waals surface area contributed by atoms with Gasteiger partial charge in [-0.15, -0.1) is 0 Å². The molecule has 1 fully saturated rings. The van der Waals surface area contributed by atoms with Gasteiger partial charge in [0, 0.05) is 12.2 Å². The van der Waals surface area contributed by atoms with Crippen molar-refractivity contribution in [3.8, 4) is 0 Å². The van der Waals surface area contributed by atoms with E-state index in [1.54, 1.807) is 12.1 Å². The second-order valence-corrected chi connectivity index (χ2v) is 5.59.